The van der Waals surface area contributed by atoms with Gasteiger partial charge in [0.1, 0.15) is 42.2 Å². The van der Waals surface area contributed by atoms with Crippen LogP contribution in [0.1, 0.15) is 18.2 Å². The van der Waals surface area contributed by atoms with Crippen LogP contribution in [0.2, 0.25) is 10.0 Å². The highest BCUT2D eigenvalue weighted by atomic mass is 35.5. The molecule has 7 nitrogen and oxygen atoms in total. The van der Waals surface area contributed by atoms with Gasteiger partial charge in [-0.05, 0) is 37.3 Å². The molecule has 2 aromatic carbocycles. The van der Waals surface area contributed by atoms with Gasteiger partial charge >= 0.3 is 0 Å². The zero-order valence-corrected chi connectivity index (χ0v) is 17.5. The van der Waals surface area contributed by atoms with E-state index in [1.165, 1.54) is 34.3 Å². The van der Waals surface area contributed by atoms with E-state index in [1.54, 1.807) is 25.1 Å². The number of nitrogens with zero attached hydrogens (tertiary/aromatic N) is 6. The first-order chi connectivity index (χ1) is 14.9. The Hall–Kier alpha value is -3.30. The highest BCUT2D eigenvalue weighted by Crippen LogP contribution is 2.31. The molecule has 0 saturated heterocycles. The van der Waals surface area contributed by atoms with E-state index < -0.39 is 11.6 Å². The van der Waals surface area contributed by atoms with Crippen LogP contribution in [-0.2, 0) is 11.3 Å². The Labute approximate surface area is 185 Å². The van der Waals surface area contributed by atoms with Crippen molar-refractivity contribution >= 4 is 34.7 Å². The number of aromatic nitrogens is 6. The number of hydrogen-bond donors (Lipinski definition) is 0. The van der Waals surface area contributed by atoms with Crippen LogP contribution in [0.4, 0.5) is 8.78 Å². The molecule has 0 atom stereocenters. The van der Waals surface area contributed by atoms with Crippen LogP contribution in [0.15, 0.2) is 55.2 Å². The number of benzene rings is 2. The summed E-state index contributed by atoms with van der Waals surface area (Å²) in [5.74, 6) is -1.01. The molecule has 4 rings (SSSR count). The third-order valence-electron chi connectivity index (χ3n) is 4.33. The van der Waals surface area contributed by atoms with E-state index in [1.807, 2.05) is 0 Å². The van der Waals surface area contributed by atoms with Crippen molar-refractivity contribution in [2.75, 3.05) is 0 Å². The summed E-state index contributed by atoms with van der Waals surface area (Å²) >= 11 is 12.4. The largest absolute Gasteiger partial charge is 0.485 e. The Morgan fingerprint density at radius 1 is 1.13 bits per heavy atom. The first-order valence-electron chi connectivity index (χ1n) is 8.93. The van der Waals surface area contributed by atoms with Gasteiger partial charge in [-0.2, -0.15) is 5.10 Å². The van der Waals surface area contributed by atoms with Gasteiger partial charge in [0.2, 0.25) is 0 Å². The average Bonchev–Trinajstić information content (AvgIpc) is 3.41. The normalized spacial score (nSPS) is 12.0. The smallest absolute Gasteiger partial charge is 0.151 e. The third kappa shape index (κ3) is 4.57. The number of ether oxygens (including phenoxy) is 1. The van der Waals surface area contributed by atoms with Gasteiger partial charge in [-0.1, -0.05) is 28.4 Å². The summed E-state index contributed by atoms with van der Waals surface area (Å²) < 4.78 is 35.9. The second kappa shape index (κ2) is 8.83. The molecule has 0 bridgehead atoms. The molecule has 2 aromatic heterocycles. The van der Waals surface area contributed by atoms with Gasteiger partial charge in [0.25, 0.3) is 0 Å². The SMILES string of the molecule is C/C(=C(/OCc1cn(-c2ccc(F)cc2F)nn1)c1ccc(Cl)cc1Cl)n1cncn1. The maximum atomic E-state index is 14.0. The molecule has 0 N–H and O–H groups in total. The van der Waals surface area contributed by atoms with Crippen LogP contribution in [0, 0.1) is 11.6 Å². The Bertz CT molecular complexity index is 1260. The number of hydrogen-bond acceptors (Lipinski definition) is 5. The van der Waals surface area contributed by atoms with Crippen LogP contribution >= 0.6 is 23.2 Å². The van der Waals surface area contributed by atoms with E-state index >= 15 is 0 Å². The van der Waals surface area contributed by atoms with Gasteiger partial charge in [0.15, 0.2) is 5.82 Å². The molecule has 0 spiro atoms. The highest BCUT2D eigenvalue weighted by Gasteiger charge is 2.16. The van der Waals surface area contributed by atoms with E-state index in [9.17, 15) is 8.78 Å². The van der Waals surface area contributed by atoms with Crippen LogP contribution in [0.5, 0.6) is 0 Å². The van der Waals surface area contributed by atoms with Crippen molar-refractivity contribution in [3.8, 4) is 5.69 Å². The molecule has 2 heterocycles. The quantitative estimate of drug-likeness (QED) is 0.376. The number of allylic oxidation sites excluding steroid dienone is 1. The zero-order valence-electron chi connectivity index (χ0n) is 16.0. The minimum Gasteiger partial charge on any atom is -0.485 e. The molecule has 0 aliphatic carbocycles. The van der Waals surface area contributed by atoms with Crippen LogP contribution in [0.25, 0.3) is 17.1 Å². The molecule has 0 fully saturated rings. The summed E-state index contributed by atoms with van der Waals surface area (Å²) in [7, 11) is 0. The molecule has 0 aliphatic heterocycles. The molecule has 0 amide bonds. The first-order valence-corrected chi connectivity index (χ1v) is 9.68. The molecule has 158 valence electrons. The van der Waals surface area contributed by atoms with Crippen molar-refractivity contribution < 1.29 is 13.5 Å². The van der Waals surface area contributed by atoms with Crippen molar-refractivity contribution in [1.82, 2.24) is 29.8 Å². The van der Waals surface area contributed by atoms with Crippen LogP contribution in [-0.4, -0.2) is 29.8 Å². The second-order valence-corrected chi connectivity index (χ2v) is 7.26. The summed E-state index contributed by atoms with van der Waals surface area (Å²) in [6.07, 6.45) is 4.41. The van der Waals surface area contributed by atoms with Gasteiger partial charge in [-0.15, -0.1) is 5.10 Å². The van der Waals surface area contributed by atoms with Crippen molar-refractivity contribution in [3.05, 3.63) is 88.2 Å². The fourth-order valence-electron chi connectivity index (χ4n) is 2.83. The predicted octanol–water partition coefficient (Wildman–Crippen LogP) is 5.01. The van der Waals surface area contributed by atoms with Crippen molar-refractivity contribution in [3.63, 3.8) is 0 Å². The lowest BCUT2D eigenvalue weighted by Gasteiger charge is -2.15. The Morgan fingerprint density at radius 3 is 2.68 bits per heavy atom. The first kappa shape index (κ1) is 21.0. The van der Waals surface area contributed by atoms with E-state index in [2.05, 4.69) is 20.4 Å². The number of rotatable bonds is 6. The highest BCUT2D eigenvalue weighted by molar-refractivity contribution is 6.35. The summed E-state index contributed by atoms with van der Waals surface area (Å²) in [4.78, 5) is 3.95. The Balaban J connectivity index is 1.63. The van der Waals surface area contributed by atoms with Gasteiger partial charge in [0, 0.05) is 16.7 Å². The van der Waals surface area contributed by atoms with Gasteiger partial charge in [-0.3, -0.25) is 0 Å². The van der Waals surface area contributed by atoms with Crippen molar-refractivity contribution in [2.45, 2.75) is 13.5 Å². The topological polar surface area (TPSA) is 70.7 Å². The fourth-order valence-corrected chi connectivity index (χ4v) is 3.33. The lowest BCUT2D eigenvalue weighted by Crippen LogP contribution is -2.03. The zero-order chi connectivity index (χ0) is 22.0. The lowest BCUT2D eigenvalue weighted by atomic mass is 10.1. The standard InChI is InChI=1S/C20H14Cl2F2N6O/c1-12(30-11-25-10-26-30)20(16-4-2-13(21)6-17(16)22)31-9-15-8-29(28-27-15)19-5-3-14(23)7-18(19)24/h2-8,10-11H,9H2,1H3/b20-12-. The van der Waals surface area contributed by atoms with Crippen molar-refractivity contribution in [1.29, 1.82) is 0 Å². The molecule has 0 unspecified atom stereocenters. The summed E-state index contributed by atoms with van der Waals surface area (Å²) in [6, 6.07) is 8.21. The van der Waals surface area contributed by atoms with Crippen molar-refractivity contribution in [2.24, 2.45) is 0 Å². The molecule has 0 saturated carbocycles. The Kier molecular flexibility index (Phi) is 5.97. The predicted molar refractivity (Wildman–Crippen MR) is 111 cm³/mol. The molecular weight excluding hydrogens is 449 g/mol. The Morgan fingerprint density at radius 2 is 1.97 bits per heavy atom. The summed E-state index contributed by atoms with van der Waals surface area (Å²) in [5.41, 5.74) is 1.70. The van der Waals surface area contributed by atoms with Crippen LogP contribution < -0.4 is 0 Å². The molecule has 31 heavy (non-hydrogen) atoms. The van der Waals surface area contributed by atoms with E-state index in [0.717, 1.165) is 12.1 Å². The van der Waals surface area contributed by atoms with Crippen LogP contribution in [0.3, 0.4) is 0 Å². The lowest BCUT2D eigenvalue weighted by molar-refractivity contribution is 0.259. The van der Waals surface area contributed by atoms with E-state index in [-0.39, 0.29) is 12.3 Å². The maximum Gasteiger partial charge on any atom is 0.151 e. The monoisotopic (exact) mass is 462 g/mol. The minimum absolute atomic E-state index is 0.00311. The molecule has 4 aromatic rings. The van der Waals surface area contributed by atoms with Gasteiger partial charge in [-0.25, -0.2) is 23.1 Å². The summed E-state index contributed by atoms with van der Waals surface area (Å²) in [5, 5.41) is 12.9. The molecule has 0 radical (unpaired) electrons. The van der Waals surface area contributed by atoms with E-state index in [4.69, 9.17) is 27.9 Å². The van der Waals surface area contributed by atoms with E-state index in [0.29, 0.717) is 32.8 Å². The fraction of sp³-hybridized carbons (Fsp3) is 0.100. The minimum atomic E-state index is -0.757. The molecular formula is C20H14Cl2F2N6O. The summed E-state index contributed by atoms with van der Waals surface area (Å²) in [6.45, 7) is 1.79. The molecule has 11 heteroatoms. The average molecular weight is 463 g/mol. The third-order valence-corrected chi connectivity index (χ3v) is 4.88. The van der Waals surface area contributed by atoms with Gasteiger partial charge < -0.3 is 4.74 Å². The number of halogens is 4. The maximum absolute atomic E-state index is 14.0. The van der Waals surface area contributed by atoms with Gasteiger partial charge in [0.05, 0.1) is 16.9 Å². The second-order valence-electron chi connectivity index (χ2n) is 6.42. The molecule has 0 aliphatic rings.